The van der Waals surface area contributed by atoms with E-state index in [1.165, 1.54) is 0 Å². The van der Waals surface area contributed by atoms with Gasteiger partial charge in [0.1, 0.15) is 5.01 Å². The molecule has 0 amide bonds. The van der Waals surface area contributed by atoms with Crippen molar-refractivity contribution in [1.29, 1.82) is 0 Å². The van der Waals surface area contributed by atoms with Crippen LogP contribution in [0.4, 0.5) is 0 Å². The monoisotopic (exact) mass is 194 g/mol. The lowest BCUT2D eigenvalue weighted by molar-refractivity contribution is 1.41. The second-order valence-corrected chi connectivity index (χ2v) is 3.59. The molecule has 0 saturated carbocycles. The molecule has 0 saturated heterocycles. The fourth-order valence-corrected chi connectivity index (χ4v) is 1.71. The van der Waals surface area contributed by atoms with Gasteiger partial charge in [0, 0.05) is 22.2 Å². The van der Waals surface area contributed by atoms with Crippen molar-refractivity contribution < 1.29 is 0 Å². The van der Waals surface area contributed by atoms with Crippen LogP contribution in [0.2, 0.25) is 5.02 Å². The van der Waals surface area contributed by atoms with Crippen LogP contribution < -0.4 is 0 Å². The molecule has 1 nitrogen and oxygen atoms in total. The van der Waals surface area contributed by atoms with E-state index in [2.05, 4.69) is 11.1 Å². The summed E-state index contributed by atoms with van der Waals surface area (Å²) in [5.74, 6) is 0. The third-order valence-electron chi connectivity index (χ3n) is 1.43. The number of nitrogens with zero attached hydrogens (tertiary/aromatic N) is 1. The summed E-state index contributed by atoms with van der Waals surface area (Å²) >= 11 is 7.40. The highest BCUT2D eigenvalue weighted by Gasteiger charge is 1.99. The Morgan fingerprint density at radius 1 is 1.50 bits per heavy atom. The van der Waals surface area contributed by atoms with Crippen LogP contribution in [0.15, 0.2) is 29.8 Å². The van der Waals surface area contributed by atoms with Gasteiger partial charge in [-0.25, -0.2) is 4.98 Å². The van der Waals surface area contributed by atoms with Crippen molar-refractivity contribution in [3.8, 4) is 10.6 Å². The van der Waals surface area contributed by atoms with E-state index in [0.29, 0.717) is 0 Å². The van der Waals surface area contributed by atoms with Gasteiger partial charge in [-0.1, -0.05) is 17.7 Å². The van der Waals surface area contributed by atoms with Gasteiger partial charge in [0.05, 0.1) is 0 Å². The van der Waals surface area contributed by atoms with E-state index in [4.69, 9.17) is 11.6 Å². The molecule has 0 atom stereocenters. The molecule has 0 aliphatic carbocycles. The molecule has 0 unspecified atom stereocenters. The highest BCUT2D eigenvalue weighted by Crippen LogP contribution is 2.23. The molecule has 59 valence electrons. The maximum absolute atomic E-state index is 5.82. The fourth-order valence-electron chi connectivity index (χ4n) is 0.919. The molecule has 0 spiro atoms. The summed E-state index contributed by atoms with van der Waals surface area (Å²) in [7, 11) is 0. The van der Waals surface area contributed by atoms with Crippen molar-refractivity contribution >= 4 is 22.9 Å². The van der Waals surface area contributed by atoms with E-state index >= 15 is 0 Å². The molecule has 1 aromatic carbocycles. The normalized spacial score (nSPS) is 10.1. The fraction of sp³-hybridized carbons (Fsp3) is 0. The van der Waals surface area contributed by atoms with E-state index in [1.54, 1.807) is 29.7 Å². The molecule has 3 heteroatoms. The summed E-state index contributed by atoms with van der Waals surface area (Å²) in [6.45, 7) is 0. The molecule has 0 fully saturated rings. The van der Waals surface area contributed by atoms with Gasteiger partial charge in [-0.15, -0.1) is 11.3 Å². The molecule has 2 aromatic rings. The molecule has 12 heavy (non-hydrogen) atoms. The van der Waals surface area contributed by atoms with Gasteiger partial charge < -0.3 is 0 Å². The average molecular weight is 195 g/mol. The van der Waals surface area contributed by atoms with Crippen molar-refractivity contribution in [2.24, 2.45) is 0 Å². The van der Waals surface area contributed by atoms with Crippen molar-refractivity contribution in [3.05, 3.63) is 40.9 Å². The zero-order chi connectivity index (χ0) is 8.39. The summed E-state index contributed by atoms with van der Waals surface area (Å²) in [5, 5.41) is 3.61. The first-order valence-corrected chi connectivity index (χ1v) is 4.69. The Kier molecular flexibility index (Phi) is 2.11. The lowest BCUT2D eigenvalue weighted by Crippen LogP contribution is -1.74. The Hall–Kier alpha value is -0.860. The van der Waals surface area contributed by atoms with Crippen molar-refractivity contribution in [2.45, 2.75) is 0 Å². The summed E-state index contributed by atoms with van der Waals surface area (Å²) in [5.41, 5.74) is 0.956. The van der Waals surface area contributed by atoms with Crippen molar-refractivity contribution in [1.82, 2.24) is 4.98 Å². The number of aromatic nitrogens is 1. The predicted octanol–water partition coefficient (Wildman–Crippen LogP) is 3.26. The van der Waals surface area contributed by atoms with Gasteiger partial charge in [0.25, 0.3) is 0 Å². The number of benzene rings is 1. The highest BCUT2D eigenvalue weighted by atomic mass is 35.5. The van der Waals surface area contributed by atoms with E-state index < -0.39 is 0 Å². The summed E-state index contributed by atoms with van der Waals surface area (Å²) < 4.78 is 0. The van der Waals surface area contributed by atoms with Gasteiger partial charge in [0.2, 0.25) is 0 Å². The standard InChI is InChI=1S/C9H5ClNS/c10-8-3-1-2-7(6-8)9-11-4-5-12-9/h1,3-6H. The molecule has 0 aliphatic rings. The number of rotatable bonds is 1. The average Bonchev–Trinajstić information content (AvgIpc) is 2.56. The molecule has 1 radical (unpaired) electrons. The Morgan fingerprint density at radius 3 is 3.08 bits per heavy atom. The lowest BCUT2D eigenvalue weighted by atomic mass is 10.2. The van der Waals surface area contributed by atoms with Gasteiger partial charge in [-0.05, 0) is 18.2 Å². The molecule has 0 aliphatic heterocycles. The van der Waals surface area contributed by atoms with E-state index in [9.17, 15) is 0 Å². The predicted molar refractivity (Wildman–Crippen MR) is 51.4 cm³/mol. The van der Waals surface area contributed by atoms with Crippen LogP contribution in [0.1, 0.15) is 0 Å². The maximum atomic E-state index is 5.82. The first kappa shape index (κ1) is 7.77. The van der Waals surface area contributed by atoms with Crippen LogP contribution in [0.25, 0.3) is 10.6 Å². The summed E-state index contributed by atoms with van der Waals surface area (Å²) in [6, 6.07) is 8.55. The zero-order valence-corrected chi connectivity index (χ0v) is 7.69. The van der Waals surface area contributed by atoms with Crippen molar-refractivity contribution in [2.75, 3.05) is 0 Å². The second kappa shape index (κ2) is 3.25. The first-order chi connectivity index (χ1) is 5.86. The maximum Gasteiger partial charge on any atom is 0.123 e. The molecular weight excluding hydrogens is 190 g/mol. The number of hydrogen-bond acceptors (Lipinski definition) is 2. The van der Waals surface area contributed by atoms with Gasteiger partial charge in [0.15, 0.2) is 0 Å². The topological polar surface area (TPSA) is 12.9 Å². The smallest absolute Gasteiger partial charge is 0.123 e. The van der Waals surface area contributed by atoms with Gasteiger partial charge in [-0.3, -0.25) is 0 Å². The Bertz CT molecular complexity index is 370. The third kappa shape index (κ3) is 1.49. The SMILES string of the molecule is Clc1cc[c]c(-c2nccs2)c1. The van der Waals surface area contributed by atoms with Gasteiger partial charge >= 0.3 is 0 Å². The minimum atomic E-state index is 0.721. The molecule has 0 bridgehead atoms. The van der Waals surface area contributed by atoms with Crippen LogP contribution >= 0.6 is 22.9 Å². The largest absolute Gasteiger partial charge is 0.245 e. The Morgan fingerprint density at radius 2 is 2.42 bits per heavy atom. The molecule has 0 N–H and O–H groups in total. The van der Waals surface area contributed by atoms with Gasteiger partial charge in [-0.2, -0.15) is 0 Å². The van der Waals surface area contributed by atoms with Crippen LogP contribution in [0, 0.1) is 6.07 Å². The zero-order valence-electron chi connectivity index (χ0n) is 6.12. The molecular formula is C9H5ClNS. The summed E-state index contributed by atoms with van der Waals surface area (Å²) in [6.07, 6.45) is 1.77. The quantitative estimate of drug-likeness (QED) is 0.679. The van der Waals surface area contributed by atoms with E-state index in [1.807, 2.05) is 11.4 Å². The minimum Gasteiger partial charge on any atom is -0.245 e. The third-order valence-corrected chi connectivity index (χ3v) is 2.47. The Balaban J connectivity index is 2.48. The molecule has 1 heterocycles. The minimum absolute atomic E-state index is 0.721. The van der Waals surface area contributed by atoms with Crippen LogP contribution in [0.5, 0.6) is 0 Å². The van der Waals surface area contributed by atoms with Crippen LogP contribution in [-0.4, -0.2) is 4.98 Å². The highest BCUT2D eigenvalue weighted by molar-refractivity contribution is 7.13. The van der Waals surface area contributed by atoms with Crippen LogP contribution in [-0.2, 0) is 0 Å². The summed E-state index contributed by atoms with van der Waals surface area (Å²) in [4.78, 5) is 4.16. The number of halogens is 1. The number of thiazole rings is 1. The van der Waals surface area contributed by atoms with E-state index in [0.717, 1.165) is 15.6 Å². The van der Waals surface area contributed by atoms with E-state index in [-0.39, 0.29) is 0 Å². The number of hydrogen-bond donors (Lipinski definition) is 0. The van der Waals surface area contributed by atoms with Crippen molar-refractivity contribution in [3.63, 3.8) is 0 Å². The second-order valence-electron chi connectivity index (χ2n) is 2.26. The molecule has 1 aromatic heterocycles. The van der Waals surface area contributed by atoms with Crippen LogP contribution in [0.3, 0.4) is 0 Å². The first-order valence-electron chi connectivity index (χ1n) is 3.43. The lowest BCUT2D eigenvalue weighted by Gasteiger charge is -1.94. The Labute approximate surface area is 79.7 Å². The molecule has 2 rings (SSSR count).